The van der Waals surface area contributed by atoms with Crippen LogP contribution >= 0.6 is 20.7 Å². The highest BCUT2D eigenvalue weighted by Crippen LogP contribution is 2.12. The molecule has 0 atom stereocenters. The zero-order chi connectivity index (χ0) is 8.10. The summed E-state index contributed by atoms with van der Waals surface area (Å²) >= 11 is -0.0451. The van der Waals surface area contributed by atoms with Gasteiger partial charge in [-0.15, -0.1) is 0 Å². The molecule has 0 bridgehead atoms. The van der Waals surface area contributed by atoms with Crippen LogP contribution in [-0.4, -0.2) is 16.6 Å². The third kappa shape index (κ3) is 2.57. The van der Waals surface area contributed by atoms with Gasteiger partial charge in [0.15, 0.2) is 0 Å². The normalized spacial score (nSPS) is 15.2. The van der Waals surface area contributed by atoms with Gasteiger partial charge in [-0.3, -0.25) is 0 Å². The maximum Gasteiger partial charge on any atom is 0.338 e. The van der Waals surface area contributed by atoms with E-state index >= 15 is 0 Å². The number of halogens is 1. The van der Waals surface area contributed by atoms with Crippen molar-refractivity contribution in [3.05, 3.63) is 21.8 Å². The lowest BCUT2D eigenvalue weighted by Gasteiger charge is -2.01. The molecular weight excluding hydrogens is 255 g/mol. The van der Waals surface area contributed by atoms with Gasteiger partial charge in [0.1, 0.15) is 0 Å². The Bertz CT molecular complexity index is 238. The van der Waals surface area contributed by atoms with Crippen molar-refractivity contribution in [1.29, 1.82) is 0 Å². The Morgan fingerprint density at radius 1 is 1.73 bits per heavy atom. The first-order valence-corrected chi connectivity index (χ1v) is 5.83. The molecule has 0 amide bonds. The van der Waals surface area contributed by atoms with Crippen LogP contribution in [0.4, 0.5) is 0 Å². The molecule has 0 saturated heterocycles. The van der Waals surface area contributed by atoms with E-state index in [0.717, 1.165) is 0 Å². The highest BCUT2D eigenvalue weighted by molar-refractivity contribution is 14.2. The van der Waals surface area contributed by atoms with E-state index in [4.69, 9.17) is 4.74 Å². The molecule has 0 radical (unpaired) electrons. The molecule has 0 aliphatic carbocycles. The van der Waals surface area contributed by atoms with E-state index in [1.165, 1.54) is 0 Å². The molecule has 1 aliphatic rings. The Labute approximate surface area is 75.7 Å². The summed E-state index contributed by atoms with van der Waals surface area (Å²) in [5.74, 6) is -0.198. The average Bonchev–Trinajstić information content (AvgIpc) is 2.07. The molecule has 0 spiro atoms. The molecule has 0 aromatic heterocycles. The van der Waals surface area contributed by atoms with Gasteiger partial charge in [0, 0.05) is 0 Å². The third-order valence-corrected chi connectivity index (χ3v) is 2.97. The average molecular weight is 264 g/mol. The SMILES string of the molecule is CCOC(=O)C1=CI=CC=C1. The second-order valence-electron chi connectivity index (χ2n) is 1.90. The van der Waals surface area contributed by atoms with Gasteiger partial charge in [-0.1, -0.05) is 26.8 Å². The summed E-state index contributed by atoms with van der Waals surface area (Å²) in [6.07, 6.45) is 3.71. The molecule has 1 heterocycles. The first kappa shape index (κ1) is 8.64. The Morgan fingerprint density at radius 2 is 2.55 bits per heavy atom. The van der Waals surface area contributed by atoms with E-state index in [9.17, 15) is 4.79 Å². The van der Waals surface area contributed by atoms with E-state index in [0.29, 0.717) is 12.2 Å². The summed E-state index contributed by atoms with van der Waals surface area (Å²) in [6.45, 7) is 2.26. The second kappa shape index (κ2) is 4.43. The fourth-order valence-corrected chi connectivity index (χ4v) is 2.15. The Kier molecular flexibility index (Phi) is 3.48. The van der Waals surface area contributed by atoms with Crippen molar-refractivity contribution in [1.82, 2.24) is 0 Å². The van der Waals surface area contributed by atoms with Gasteiger partial charge < -0.3 is 4.74 Å². The van der Waals surface area contributed by atoms with Gasteiger partial charge >= 0.3 is 5.97 Å². The van der Waals surface area contributed by atoms with Gasteiger partial charge in [-0.25, -0.2) is 4.79 Å². The van der Waals surface area contributed by atoms with Gasteiger partial charge in [-0.05, 0) is 21.1 Å². The Hall–Kier alpha value is -0.450. The van der Waals surface area contributed by atoms with Crippen molar-refractivity contribution < 1.29 is 9.53 Å². The maximum atomic E-state index is 11.1. The number of ether oxygens (including phenoxy) is 1. The Morgan fingerprint density at radius 3 is 3.09 bits per heavy atom. The predicted molar refractivity (Wildman–Crippen MR) is 53.9 cm³/mol. The highest BCUT2D eigenvalue weighted by atomic mass is 127. The molecule has 3 heteroatoms. The molecular formula is C8H9IO2. The number of carbonyl (C=O) groups is 1. The van der Waals surface area contributed by atoms with Crippen LogP contribution in [0.1, 0.15) is 6.92 Å². The minimum atomic E-state index is -0.198. The van der Waals surface area contributed by atoms with Crippen LogP contribution in [0.5, 0.6) is 0 Å². The van der Waals surface area contributed by atoms with Crippen molar-refractivity contribution >= 4 is 30.7 Å². The zero-order valence-corrected chi connectivity index (χ0v) is 8.37. The second-order valence-corrected chi connectivity index (χ2v) is 3.96. The van der Waals surface area contributed by atoms with Crippen molar-refractivity contribution in [3.8, 4) is 0 Å². The lowest BCUT2D eigenvalue weighted by Crippen LogP contribution is -2.05. The van der Waals surface area contributed by atoms with E-state index in [-0.39, 0.29) is 26.7 Å². The van der Waals surface area contributed by atoms with Crippen LogP contribution < -0.4 is 0 Å². The molecule has 0 N–H and O–H groups in total. The summed E-state index contributed by atoms with van der Waals surface area (Å²) in [7, 11) is 0. The topological polar surface area (TPSA) is 26.3 Å². The van der Waals surface area contributed by atoms with Crippen LogP contribution in [0.15, 0.2) is 21.8 Å². The highest BCUT2D eigenvalue weighted by Gasteiger charge is 2.06. The summed E-state index contributed by atoms with van der Waals surface area (Å²) in [5.41, 5.74) is 0.710. The minimum absolute atomic E-state index is 0.0451. The quantitative estimate of drug-likeness (QED) is 0.561. The number of hydrogen-bond donors (Lipinski definition) is 0. The van der Waals surface area contributed by atoms with Crippen LogP contribution in [0.3, 0.4) is 0 Å². The fourth-order valence-electron chi connectivity index (χ4n) is 0.650. The number of hydrogen-bond acceptors (Lipinski definition) is 2. The lowest BCUT2D eigenvalue weighted by atomic mass is 10.3. The van der Waals surface area contributed by atoms with E-state index in [1.54, 1.807) is 6.08 Å². The first-order valence-electron chi connectivity index (χ1n) is 3.33. The van der Waals surface area contributed by atoms with E-state index in [2.05, 4.69) is 4.01 Å². The summed E-state index contributed by atoms with van der Waals surface area (Å²) in [4.78, 5) is 11.1. The molecule has 60 valence electrons. The van der Waals surface area contributed by atoms with Crippen molar-refractivity contribution in [2.24, 2.45) is 0 Å². The van der Waals surface area contributed by atoms with Crippen molar-refractivity contribution in [3.63, 3.8) is 0 Å². The molecule has 0 aromatic carbocycles. The Balaban J connectivity index is 2.61. The standard InChI is InChI=1S/C8H9IO2/c1-2-11-8(10)7-4-3-5-9-6-7/h3-6H,2H2,1H3. The van der Waals surface area contributed by atoms with Crippen LogP contribution in [0.25, 0.3) is 0 Å². The van der Waals surface area contributed by atoms with E-state index in [1.807, 2.05) is 17.1 Å². The van der Waals surface area contributed by atoms with Crippen LogP contribution in [0.2, 0.25) is 0 Å². The van der Waals surface area contributed by atoms with Crippen LogP contribution in [0, 0.1) is 0 Å². The van der Waals surface area contributed by atoms with E-state index < -0.39 is 0 Å². The number of allylic oxidation sites excluding steroid dienone is 1. The smallest absolute Gasteiger partial charge is 0.338 e. The third-order valence-electron chi connectivity index (χ3n) is 1.11. The number of rotatable bonds is 2. The maximum absolute atomic E-state index is 11.1. The molecule has 1 rings (SSSR count). The summed E-state index contributed by atoms with van der Waals surface area (Å²) in [5, 5.41) is 0. The predicted octanol–water partition coefficient (Wildman–Crippen LogP) is 1.78. The number of carbonyl (C=O) groups excluding carboxylic acids is 1. The van der Waals surface area contributed by atoms with Gasteiger partial charge in [0.25, 0.3) is 0 Å². The lowest BCUT2D eigenvalue weighted by molar-refractivity contribution is -0.138. The monoisotopic (exact) mass is 264 g/mol. The first-order chi connectivity index (χ1) is 5.34. The van der Waals surface area contributed by atoms with Gasteiger partial charge in [0.2, 0.25) is 0 Å². The van der Waals surface area contributed by atoms with Crippen molar-refractivity contribution in [2.75, 3.05) is 6.61 Å². The molecule has 11 heavy (non-hydrogen) atoms. The molecule has 2 nitrogen and oxygen atoms in total. The largest absolute Gasteiger partial charge is 0.462 e. The molecule has 0 unspecified atom stereocenters. The summed E-state index contributed by atoms with van der Waals surface area (Å²) in [6, 6.07) is 0. The van der Waals surface area contributed by atoms with Gasteiger partial charge in [0.05, 0.1) is 12.2 Å². The van der Waals surface area contributed by atoms with Crippen LogP contribution in [-0.2, 0) is 9.53 Å². The fraction of sp³-hybridized carbons (Fsp3) is 0.250. The van der Waals surface area contributed by atoms with Gasteiger partial charge in [-0.2, -0.15) is 0 Å². The molecule has 0 aromatic rings. The molecule has 0 saturated carbocycles. The number of esters is 1. The summed E-state index contributed by atoms with van der Waals surface area (Å²) < 4.78 is 8.89. The molecule has 0 fully saturated rings. The van der Waals surface area contributed by atoms with Crippen molar-refractivity contribution in [2.45, 2.75) is 6.92 Å². The zero-order valence-electron chi connectivity index (χ0n) is 6.21. The minimum Gasteiger partial charge on any atom is -0.462 e. The molecule has 1 aliphatic heterocycles.